The molecule has 0 atom stereocenters. The van der Waals surface area contributed by atoms with Crippen LogP contribution in [0.25, 0.3) is 0 Å². The first kappa shape index (κ1) is 17.7. The lowest BCUT2D eigenvalue weighted by atomic mass is 10.1. The summed E-state index contributed by atoms with van der Waals surface area (Å²) in [6.45, 7) is 4.07. The SMILES string of the molecule is CCCCCCCC(=O)OOC1CCNCC1.Cl. The molecule has 1 heterocycles. The molecule has 0 aromatic rings. The quantitative estimate of drug-likeness (QED) is 0.422. The van der Waals surface area contributed by atoms with Crippen molar-refractivity contribution in [3.05, 3.63) is 0 Å². The zero-order valence-corrected chi connectivity index (χ0v) is 12.1. The Morgan fingerprint density at radius 1 is 1.17 bits per heavy atom. The number of halogens is 1. The van der Waals surface area contributed by atoms with Crippen LogP contribution in [0.1, 0.15) is 58.3 Å². The number of unbranched alkanes of at least 4 members (excludes halogenated alkanes) is 4. The molecule has 5 heteroatoms. The third-order valence-corrected chi connectivity index (χ3v) is 3.05. The molecule has 1 fully saturated rings. The third-order valence-electron chi connectivity index (χ3n) is 3.05. The molecule has 0 spiro atoms. The van der Waals surface area contributed by atoms with E-state index >= 15 is 0 Å². The summed E-state index contributed by atoms with van der Waals surface area (Å²) in [5.41, 5.74) is 0. The normalized spacial score (nSPS) is 16.1. The van der Waals surface area contributed by atoms with Crippen molar-refractivity contribution in [3.63, 3.8) is 0 Å². The Hall–Kier alpha value is -0.320. The number of piperidine rings is 1. The average molecular weight is 280 g/mol. The summed E-state index contributed by atoms with van der Waals surface area (Å²) in [4.78, 5) is 21.3. The summed E-state index contributed by atoms with van der Waals surface area (Å²) >= 11 is 0. The Morgan fingerprint density at radius 3 is 2.50 bits per heavy atom. The van der Waals surface area contributed by atoms with Gasteiger partial charge in [0.05, 0.1) is 0 Å². The van der Waals surface area contributed by atoms with Gasteiger partial charge < -0.3 is 5.32 Å². The summed E-state index contributed by atoms with van der Waals surface area (Å²) in [6, 6.07) is 0. The Kier molecular flexibility index (Phi) is 11.5. The summed E-state index contributed by atoms with van der Waals surface area (Å²) < 4.78 is 0. The van der Waals surface area contributed by atoms with Gasteiger partial charge in [0, 0.05) is 6.42 Å². The molecule has 0 aromatic carbocycles. The van der Waals surface area contributed by atoms with E-state index in [0.717, 1.165) is 38.8 Å². The predicted octanol–water partition coefficient (Wildman–Crippen LogP) is 3.00. The molecule has 0 saturated carbocycles. The third kappa shape index (κ3) is 8.72. The van der Waals surface area contributed by atoms with E-state index in [9.17, 15) is 4.79 Å². The molecule has 0 aliphatic carbocycles. The Bertz CT molecular complexity index is 208. The van der Waals surface area contributed by atoms with Gasteiger partial charge in [-0.25, -0.2) is 4.79 Å². The fourth-order valence-electron chi connectivity index (χ4n) is 1.93. The maximum absolute atomic E-state index is 11.4. The van der Waals surface area contributed by atoms with Crippen molar-refractivity contribution in [2.45, 2.75) is 64.4 Å². The molecule has 4 nitrogen and oxygen atoms in total. The standard InChI is InChI=1S/C13H25NO3.ClH/c1-2-3-4-5-6-7-13(15)17-16-12-8-10-14-11-9-12;/h12,14H,2-11H2,1H3;1H. The van der Waals surface area contributed by atoms with Crippen molar-refractivity contribution in [2.75, 3.05) is 13.1 Å². The van der Waals surface area contributed by atoms with Crippen LogP contribution in [-0.4, -0.2) is 25.2 Å². The predicted molar refractivity (Wildman–Crippen MR) is 73.7 cm³/mol. The Labute approximate surface area is 116 Å². The van der Waals surface area contributed by atoms with Gasteiger partial charge in [0.15, 0.2) is 0 Å². The van der Waals surface area contributed by atoms with E-state index in [4.69, 9.17) is 9.78 Å². The second-order valence-corrected chi connectivity index (χ2v) is 4.67. The Morgan fingerprint density at radius 2 is 1.83 bits per heavy atom. The molecule has 18 heavy (non-hydrogen) atoms. The fraction of sp³-hybridized carbons (Fsp3) is 0.923. The van der Waals surface area contributed by atoms with Crippen LogP contribution < -0.4 is 5.32 Å². The monoisotopic (exact) mass is 279 g/mol. The fourth-order valence-corrected chi connectivity index (χ4v) is 1.93. The minimum absolute atomic E-state index is 0. The van der Waals surface area contributed by atoms with Gasteiger partial charge in [-0.2, -0.15) is 4.89 Å². The van der Waals surface area contributed by atoms with E-state index in [1.807, 2.05) is 0 Å². The van der Waals surface area contributed by atoms with Crippen LogP contribution in [0.5, 0.6) is 0 Å². The second-order valence-electron chi connectivity index (χ2n) is 4.67. The topological polar surface area (TPSA) is 47.6 Å². The lowest BCUT2D eigenvalue weighted by molar-refractivity contribution is -0.301. The Balaban J connectivity index is 0.00000289. The highest BCUT2D eigenvalue weighted by Crippen LogP contribution is 2.10. The van der Waals surface area contributed by atoms with Gasteiger partial charge in [-0.1, -0.05) is 32.6 Å². The number of carbonyl (C=O) groups excluding carboxylic acids is 1. The molecule has 0 radical (unpaired) electrons. The molecule has 1 N–H and O–H groups in total. The van der Waals surface area contributed by atoms with Crippen molar-refractivity contribution in [2.24, 2.45) is 0 Å². The number of hydrogen-bond acceptors (Lipinski definition) is 4. The molecule has 1 rings (SSSR count). The number of rotatable bonds is 8. The van der Waals surface area contributed by atoms with E-state index in [-0.39, 0.29) is 24.5 Å². The van der Waals surface area contributed by atoms with Crippen molar-refractivity contribution >= 4 is 18.4 Å². The highest BCUT2D eigenvalue weighted by atomic mass is 35.5. The molecule has 1 saturated heterocycles. The van der Waals surface area contributed by atoms with Gasteiger partial charge in [0.25, 0.3) is 0 Å². The van der Waals surface area contributed by atoms with E-state index < -0.39 is 0 Å². The first-order valence-electron chi connectivity index (χ1n) is 6.89. The van der Waals surface area contributed by atoms with Gasteiger partial charge in [0.1, 0.15) is 6.10 Å². The van der Waals surface area contributed by atoms with E-state index in [0.29, 0.717) is 6.42 Å². The summed E-state index contributed by atoms with van der Waals surface area (Å²) in [5, 5.41) is 3.24. The lowest BCUT2D eigenvalue weighted by Gasteiger charge is -2.20. The van der Waals surface area contributed by atoms with E-state index in [1.54, 1.807) is 0 Å². The van der Waals surface area contributed by atoms with E-state index in [1.165, 1.54) is 19.3 Å². The van der Waals surface area contributed by atoms with Crippen LogP contribution in [0.3, 0.4) is 0 Å². The summed E-state index contributed by atoms with van der Waals surface area (Å²) in [6.07, 6.45) is 8.11. The van der Waals surface area contributed by atoms with Crippen LogP contribution in [0.2, 0.25) is 0 Å². The van der Waals surface area contributed by atoms with Crippen LogP contribution >= 0.6 is 12.4 Å². The van der Waals surface area contributed by atoms with Gasteiger partial charge >= 0.3 is 5.97 Å². The second kappa shape index (κ2) is 11.8. The zero-order chi connectivity index (χ0) is 12.3. The molecular formula is C13H26ClNO3. The average Bonchev–Trinajstić information content (AvgIpc) is 2.37. The summed E-state index contributed by atoms with van der Waals surface area (Å²) in [5.74, 6) is -0.222. The first-order valence-corrected chi connectivity index (χ1v) is 6.89. The number of nitrogens with one attached hydrogen (secondary N) is 1. The van der Waals surface area contributed by atoms with Crippen molar-refractivity contribution in [1.82, 2.24) is 5.32 Å². The van der Waals surface area contributed by atoms with E-state index in [2.05, 4.69) is 12.2 Å². The molecule has 0 amide bonds. The number of carbonyl (C=O) groups is 1. The van der Waals surface area contributed by atoms with Crippen LogP contribution in [-0.2, 0) is 14.6 Å². The zero-order valence-electron chi connectivity index (χ0n) is 11.3. The molecule has 108 valence electrons. The minimum atomic E-state index is -0.222. The maximum Gasteiger partial charge on any atom is 0.342 e. The highest BCUT2D eigenvalue weighted by Gasteiger charge is 2.16. The van der Waals surface area contributed by atoms with Crippen LogP contribution in [0.4, 0.5) is 0 Å². The van der Waals surface area contributed by atoms with Crippen molar-refractivity contribution in [1.29, 1.82) is 0 Å². The molecule has 1 aliphatic rings. The molecule has 1 aliphatic heterocycles. The molecule has 0 aromatic heterocycles. The summed E-state index contributed by atoms with van der Waals surface area (Å²) in [7, 11) is 0. The van der Waals surface area contributed by atoms with Crippen molar-refractivity contribution < 1.29 is 14.6 Å². The van der Waals surface area contributed by atoms with Crippen molar-refractivity contribution in [3.8, 4) is 0 Å². The molecular weight excluding hydrogens is 254 g/mol. The first-order chi connectivity index (χ1) is 8.33. The van der Waals surface area contributed by atoms with Crippen LogP contribution in [0.15, 0.2) is 0 Å². The van der Waals surface area contributed by atoms with Gasteiger partial charge in [-0.3, -0.25) is 4.89 Å². The minimum Gasteiger partial charge on any atom is -0.317 e. The molecule has 0 bridgehead atoms. The van der Waals surface area contributed by atoms with Gasteiger partial charge in [-0.15, -0.1) is 12.4 Å². The van der Waals surface area contributed by atoms with Crippen LogP contribution in [0, 0.1) is 0 Å². The number of hydrogen-bond donors (Lipinski definition) is 1. The molecule has 0 unspecified atom stereocenters. The smallest absolute Gasteiger partial charge is 0.317 e. The maximum atomic E-state index is 11.4. The highest BCUT2D eigenvalue weighted by molar-refractivity contribution is 5.85. The van der Waals surface area contributed by atoms with Gasteiger partial charge in [-0.05, 0) is 32.4 Å². The van der Waals surface area contributed by atoms with Gasteiger partial charge in [0.2, 0.25) is 0 Å². The largest absolute Gasteiger partial charge is 0.342 e. The lowest BCUT2D eigenvalue weighted by Crippen LogP contribution is -2.33.